The standard InChI is InChI=1S/C16H21N5O/c22-16(19-11-14-5-1-2-8-18-14)12-21-9-6-15(20-21)13-4-3-7-17-10-13/h1-2,5-6,8-9,13,17H,3-4,7,10-12H2,(H,19,22)/t13-/m0/s1. The SMILES string of the molecule is O=C(Cn1ccc([C@H]2CCCNC2)n1)NCc1ccccn1. The van der Waals surface area contributed by atoms with E-state index in [2.05, 4.69) is 20.7 Å². The maximum absolute atomic E-state index is 12.0. The second-order valence-corrected chi connectivity index (χ2v) is 5.58. The van der Waals surface area contributed by atoms with Crippen LogP contribution < -0.4 is 10.6 Å². The Hall–Kier alpha value is -2.21. The second-order valence-electron chi connectivity index (χ2n) is 5.58. The van der Waals surface area contributed by atoms with Crippen LogP contribution in [-0.4, -0.2) is 33.8 Å². The first-order valence-corrected chi connectivity index (χ1v) is 7.72. The molecule has 116 valence electrons. The summed E-state index contributed by atoms with van der Waals surface area (Å²) in [5, 5.41) is 10.8. The van der Waals surface area contributed by atoms with Crippen molar-refractivity contribution in [3.8, 4) is 0 Å². The molecule has 0 saturated carbocycles. The molecule has 1 aliphatic heterocycles. The van der Waals surface area contributed by atoms with Gasteiger partial charge in [-0.3, -0.25) is 14.5 Å². The lowest BCUT2D eigenvalue weighted by atomic mass is 9.97. The zero-order valence-corrected chi connectivity index (χ0v) is 12.5. The fourth-order valence-corrected chi connectivity index (χ4v) is 2.68. The number of rotatable bonds is 5. The summed E-state index contributed by atoms with van der Waals surface area (Å²) in [6, 6.07) is 7.68. The van der Waals surface area contributed by atoms with Gasteiger partial charge < -0.3 is 10.6 Å². The van der Waals surface area contributed by atoms with E-state index in [9.17, 15) is 4.79 Å². The zero-order chi connectivity index (χ0) is 15.2. The lowest BCUT2D eigenvalue weighted by Crippen LogP contribution is -2.29. The molecule has 0 spiro atoms. The molecular weight excluding hydrogens is 278 g/mol. The van der Waals surface area contributed by atoms with Gasteiger partial charge in [-0.05, 0) is 37.6 Å². The predicted octanol–water partition coefficient (Wildman–Crippen LogP) is 1.06. The molecule has 1 amide bonds. The van der Waals surface area contributed by atoms with Gasteiger partial charge >= 0.3 is 0 Å². The van der Waals surface area contributed by atoms with Gasteiger partial charge in [-0.2, -0.15) is 5.10 Å². The molecule has 22 heavy (non-hydrogen) atoms. The number of piperidine rings is 1. The predicted molar refractivity (Wildman–Crippen MR) is 83.2 cm³/mol. The third-order valence-electron chi connectivity index (χ3n) is 3.87. The van der Waals surface area contributed by atoms with Gasteiger partial charge in [0.2, 0.25) is 5.91 Å². The molecule has 3 rings (SSSR count). The van der Waals surface area contributed by atoms with Gasteiger partial charge in [-0.25, -0.2) is 0 Å². The van der Waals surface area contributed by atoms with Gasteiger partial charge in [0.25, 0.3) is 0 Å². The summed E-state index contributed by atoms with van der Waals surface area (Å²) in [5.74, 6) is 0.411. The lowest BCUT2D eigenvalue weighted by molar-refractivity contribution is -0.122. The molecule has 0 unspecified atom stereocenters. The molecule has 2 aromatic heterocycles. The van der Waals surface area contributed by atoms with Gasteiger partial charge in [0.1, 0.15) is 6.54 Å². The van der Waals surface area contributed by atoms with Crippen LogP contribution in [0.25, 0.3) is 0 Å². The quantitative estimate of drug-likeness (QED) is 0.866. The smallest absolute Gasteiger partial charge is 0.242 e. The number of carbonyl (C=O) groups excluding carboxylic acids is 1. The molecule has 6 heteroatoms. The van der Waals surface area contributed by atoms with Crippen molar-refractivity contribution in [2.45, 2.75) is 31.8 Å². The van der Waals surface area contributed by atoms with Crippen molar-refractivity contribution in [1.29, 1.82) is 0 Å². The Bertz CT molecular complexity index is 604. The van der Waals surface area contributed by atoms with Crippen molar-refractivity contribution < 1.29 is 4.79 Å². The Labute approximate surface area is 129 Å². The summed E-state index contributed by atoms with van der Waals surface area (Å²) in [6.07, 6.45) is 5.95. The van der Waals surface area contributed by atoms with E-state index in [1.165, 1.54) is 6.42 Å². The van der Waals surface area contributed by atoms with Crippen molar-refractivity contribution in [3.05, 3.63) is 48.0 Å². The highest BCUT2D eigenvalue weighted by Crippen LogP contribution is 2.21. The van der Waals surface area contributed by atoms with Crippen molar-refractivity contribution >= 4 is 5.91 Å². The van der Waals surface area contributed by atoms with Crippen LogP contribution in [0, 0.1) is 0 Å². The average Bonchev–Trinajstić information content (AvgIpc) is 3.03. The summed E-state index contributed by atoms with van der Waals surface area (Å²) in [7, 11) is 0. The van der Waals surface area contributed by atoms with Gasteiger partial charge in [0.05, 0.1) is 17.9 Å². The minimum Gasteiger partial charge on any atom is -0.349 e. The fraction of sp³-hybridized carbons (Fsp3) is 0.438. The van der Waals surface area contributed by atoms with Gasteiger partial charge in [0, 0.05) is 24.9 Å². The molecule has 0 aliphatic carbocycles. The first-order chi connectivity index (χ1) is 10.8. The molecular formula is C16H21N5O. The van der Waals surface area contributed by atoms with E-state index in [1.54, 1.807) is 10.9 Å². The first-order valence-electron chi connectivity index (χ1n) is 7.72. The van der Waals surface area contributed by atoms with E-state index < -0.39 is 0 Å². The lowest BCUT2D eigenvalue weighted by Gasteiger charge is -2.20. The first kappa shape index (κ1) is 14.7. The molecule has 1 atom stereocenters. The zero-order valence-electron chi connectivity index (χ0n) is 12.5. The number of carbonyl (C=O) groups is 1. The Morgan fingerprint density at radius 1 is 1.41 bits per heavy atom. The normalized spacial score (nSPS) is 18.1. The van der Waals surface area contributed by atoms with Gasteiger partial charge in [0.15, 0.2) is 0 Å². The highest BCUT2D eigenvalue weighted by atomic mass is 16.2. The largest absolute Gasteiger partial charge is 0.349 e. The fourth-order valence-electron chi connectivity index (χ4n) is 2.68. The summed E-state index contributed by atoms with van der Waals surface area (Å²) in [6.45, 7) is 2.75. The Kier molecular flexibility index (Phi) is 4.80. The summed E-state index contributed by atoms with van der Waals surface area (Å²) in [4.78, 5) is 16.1. The molecule has 3 heterocycles. The van der Waals surface area contributed by atoms with E-state index in [0.29, 0.717) is 12.5 Å². The molecule has 1 fully saturated rings. The summed E-state index contributed by atoms with van der Waals surface area (Å²) >= 11 is 0. The molecule has 6 nitrogen and oxygen atoms in total. The van der Waals surface area contributed by atoms with Gasteiger partial charge in [-0.1, -0.05) is 6.07 Å². The van der Waals surface area contributed by atoms with Crippen LogP contribution in [0.5, 0.6) is 0 Å². The van der Waals surface area contributed by atoms with Crippen LogP contribution in [0.3, 0.4) is 0 Å². The maximum atomic E-state index is 12.0. The van der Waals surface area contributed by atoms with Crippen LogP contribution in [0.15, 0.2) is 36.7 Å². The van der Waals surface area contributed by atoms with E-state index >= 15 is 0 Å². The summed E-state index contributed by atoms with van der Waals surface area (Å²) in [5.41, 5.74) is 1.93. The van der Waals surface area contributed by atoms with Crippen molar-refractivity contribution in [3.63, 3.8) is 0 Å². The number of hydrogen-bond donors (Lipinski definition) is 2. The Balaban J connectivity index is 1.50. The second kappa shape index (κ2) is 7.17. The third kappa shape index (κ3) is 3.92. The van der Waals surface area contributed by atoms with Crippen LogP contribution in [0.1, 0.15) is 30.1 Å². The highest BCUT2D eigenvalue weighted by Gasteiger charge is 2.17. The van der Waals surface area contributed by atoms with Crippen LogP contribution >= 0.6 is 0 Å². The highest BCUT2D eigenvalue weighted by molar-refractivity contribution is 5.75. The van der Waals surface area contributed by atoms with Crippen LogP contribution in [0.4, 0.5) is 0 Å². The number of amides is 1. The minimum absolute atomic E-state index is 0.0536. The van der Waals surface area contributed by atoms with Crippen LogP contribution in [-0.2, 0) is 17.9 Å². The molecule has 2 N–H and O–H groups in total. The number of hydrogen-bond acceptors (Lipinski definition) is 4. The minimum atomic E-state index is -0.0536. The van der Waals surface area contributed by atoms with E-state index in [1.807, 2.05) is 30.5 Å². The molecule has 1 aliphatic rings. The van der Waals surface area contributed by atoms with Crippen LogP contribution in [0.2, 0.25) is 0 Å². The molecule has 0 radical (unpaired) electrons. The van der Waals surface area contributed by atoms with E-state index in [-0.39, 0.29) is 12.5 Å². The third-order valence-corrected chi connectivity index (χ3v) is 3.87. The molecule has 2 aromatic rings. The molecule has 1 saturated heterocycles. The van der Waals surface area contributed by atoms with Crippen molar-refractivity contribution in [2.75, 3.05) is 13.1 Å². The maximum Gasteiger partial charge on any atom is 0.242 e. The molecule has 0 bridgehead atoms. The van der Waals surface area contributed by atoms with Crippen molar-refractivity contribution in [1.82, 2.24) is 25.4 Å². The monoisotopic (exact) mass is 299 g/mol. The summed E-state index contributed by atoms with van der Waals surface area (Å²) < 4.78 is 1.71. The Morgan fingerprint density at radius 3 is 3.14 bits per heavy atom. The number of nitrogens with zero attached hydrogens (tertiary/aromatic N) is 3. The van der Waals surface area contributed by atoms with E-state index in [4.69, 9.17) is 0 Å². The topological polar surface area (TPSA) is 71.8 Å². The number of aromatic nitrogens is 3. The molecule has 0 aromatic carbocycles. The number of pyridine rings is 1. The van der Waals surface area contributed by atoms with E-state index in [0.717, 1.165) is 30.9 Å². The Morgan fingerprint density at radius 2 is 2.36 bits per heavy atom. The van der Waals surface area contributed by atoms with Crippen molar-refractivity contribution in [2.24, 2.45) is 0 Å². The average molecular weight is 299 g/mol. The number of nitrogens with one attached hydrogen (secondary N) is 2. The van der Waals surface area contributed by atoms with Gasteiger partial charge in [-0.15, -0.1) is 0 Å².